The number of fused-ring (bicyclic) bond motifs is 5. The predicted octanol–water partition coefficient (Wildman–Crippen LogP) is 2.14. The molecule has 0 saturated heterocycles. The Hall–Kier alpha value is -1.79. The van der Waals surface area contributed by atoms with Gasteiger partial charge in [0.1, 0.15) is 5.60 Å². The summed E-state index contributed by atoms with van der Waals surface area (Å²) in [6, 6.07) is 0. The maximum Gasteiger partial charge on any atom is 0.375 e. The number of aliphatic hydroxyl groups excluding tert-OH is 1. The Morgan fingerprint density at radius 3 is 2.45 bits per heavy atom. The fourth-order valence-electron chi connectivity index (χ4n) is 7.73. The van der Waals surface area contributed by atoms with Crippen molar-refractivity contribution in [2.75, 3.05) is 0 Å². The molecule has 158 valence electrons. The summed E-state index contributed by atoms with van der Waals surface area (Å²) in [6.45, 7) is 7.66. The van der Waals surface area contributed by atoms with E-state index >= 15 is 0 Å². The van der Waals surface area contributed by atoms with Gasteiger partial charge in [-0.25, -0.2) is 4.79 Å². The first kappa shape index (κ1) is 20.5. The molecule has 6 nitrogen and oxygen atoms in total. The van der Waals surface area contributed by atoms with Crippen molar-refractivity contribution in [3.05, 3.63) is 23.8 Å². The Bertz CT molecular complexity index is 857. The SMILES string of the molecule is CC1C[C@@H]2[C@H](C(O)C[C@@]3(C)[C@H]2CC(C)[C@]3(O)C(=O)C(=O)O)[C@@]2(C)C=CC(=O)C=C12. The van der Waals surface area contributed by atoms with E-state index in [1.807, 2.05) is 6.08 Å². The summed E-state index contributed by atoms with van der Waals surface area (Å²) in [5.74, 6) is -3.39. The third-order valence-electron chi connectivity index (χ3n) is 8.94. The molecule has 6 heteroatoms. The summed E-state index contributed by atoms with van der Waals surface area (Å²) in [5, 5.41) is 32.1. The van der Waals surface area contributed by atoms with E-state index in [0.29, 0.717) is 6.42 Å². The van der Waals surface area contributed by atoms with Crippen molar-refractivity contribution >= 4 is 17.5 Å². The molecule has 0 aromatic heterocycles. The average molecular weight is 402 g/mol. The number of carbonyl (C=O) groups excluding carboxylic acids is 2. The highest BCUT2D eigenvalue weighted by Crippen LogP contribution is 2.68. The highest BCUT2D eigenvalue weighted by Gasteiger charge is 2.71. The van der Waals surface area contributed by atoms with Crippen molar-refractivity contribution in [3.63, 3.8) is 0 Å². The van der Waals surface area contributed by atoms with E-state index in [-0.39, 0.29) is 35.9 Å². The molecule has 0 aromatic carbocycles. The largest absolute Gasteiger partial charge is 0.475 e. The Balaban J connectivity index is 1.82. The summed E-state index contributed by atoms with van der Waals surface area (Å²) in [5.41, 5.74) is -2.42. The van der Waals surface area contributed by atoms with Gasteiger partial charge in [-0.05, 0) is 55.1 Å². The van der Waals surface area contributed by atoms with Gasteiger partial charge in [-0.2, -0.15) is 0 Å². The van der Waals surface area contributed by atoms with Gasteiger partial charge >= 0.3 is 5.97 Å². The van der Waals surface area contributed by atoms with E-state index in [4.69, 9.17) is 0 Å². The van der Waals surface area contributed by atoms with Crippen LogP contribution in [0, 0.1) is 40.4 Å². The van der Waals surface area contributed by atoms with Crippen molar-refractivity contribution in [1.82, 2.24) is 0 Å². The van der Waals surface area contributed by atoms with Crippen molar-refractivity contribution in [3.8, 4) is 0 Å². The molecule has 3 saturated carbocycles. The number of hydrogen-bond donors (Lipinski definition) is 3. The monoisotopic (exact) mass is 402 g/mol. The van der Waals surface area contributed by atoms with Crippen LogP contribution in [0.4, 0.5) is 0 Å². The lowest BCUT2D eigenvalue weighted by molar-refractivity contribution is -0.188. The van der Waals surface area contributed by atoms with Gasteiger partial charge in [0.05, 0.1) is 6.10 Å². The van der Waals surface area contributed by atoms with Crippen LogP contribution in [0.5, 0.6) is 0 Å². The van der Waals surface area contributed by atoms with Gasteiger partial charge in [0.25, 0.3) is 5.78 Å². The van der Waals surface area contributed by atoms with E-state index in [0.717, 1.165) is 12.0 Å². The van der Waals surface area contributed by atoms with Crippen molar-refractivity contribution in [2.45, 2.75) is 58.7 Å². The van der Waals surface area contributed by atoms with E-state index in [1.165, 1.54) is 0 Å². The minimum atomic E-state index is -1.99. The molecule has 4 rings (SSSR count). The van der Waals surface area contributed by atoms with Gasteiger partial charge in [-0.3, -0.25) is 9.59 Å². The number of rotatable bonds is 2. The Morgan fingerprint density at radius 1 is 1.17 bits per heavy atom. The van der Waals surface area contributed by atoms with Crippen LogP contribution in [0.3, 0.4) is 0 Å². The molecular weight excluding hydrogens is 372 g/mol. The smallest absolute Gasteiger partial charge is 0.375 e. The topological polar surface area (TPSA) is 112 Å². The summed E-state index contributed by atoms with van der Waals surface area (Å²) in [7, 11) is 0. The third kappa shape index (κ3) is 2.39. The lowest BCUT2D eigenvalue weighted by Crippen LogP contribution is -2.63. The zero-order valence-corrected chi connectivity index (χ0v) is 17.4. The van der Waals surface area contributed by atoms with E-state index in [2.05, 4.69) is 13.8 Å². The molecule has 4 aliphatic rings. The fourth-order valence-corrected chi connectivity index (χ4v) is 7.73. The number of ketones is 2. The van der Waals surface area contributed by atoms with Gasteiger partial charge < -0.3 is 15.3 Å². The molecule has 4 aliphatic carbocycles. The first-order valence-corrected chi connectivity index (χ1v) is 10.5. The standard InChI is InChI=1S/C23H30O6/c1-11-7-14-16-8-12(2)23(29,19(26)20(27)28)22(16,4)10-17(25)18(14)21(3)6-5-13(24)9-15(11)21/h5-6,9,11-12,14,16-18,25,29H,7-8,10H2,1-4H3,(H,27,28)/t11?,12?,14-,16-,17?,18+,21-,22-,23-/m0/s1. The van der Waals surface area contributed by atoms with Crippen molar-refractivity contribution in [1.29, 1.82) is 0 Å². The van der Waals surface area contributed by atoms with Crippen LogP contribution in [0.15, 0.2) is 23.8 Å². The quantitative estimate of drug-likeness (QED) is 0.610. The molecule has 0 spiro atoms. The number of carbonyl (C=O) groups is 3. The lowest BCUT2D eigenvalue weighted by atomic mass is 9.44. The normalized spacial score (nSPS) is 51.0. The zero-order chi connectivity index (χ0) is 21.5. The second-order valence-corrected chi connectivity index (χ2v) is 10.3. The van der Waals surface area contributed by atoms with Gasteiger partial charge in [-0.15, -0.1) is 0 Å². The Labute approximate surface area is 170 Å². The third-order valence-corrected chi connectivity index (χ3v) is 8.94. The number of aliphatic carboxylic acids is 1. The molecule has 3 unspecified atom stereocenters. The van der Waals surface area contributed by atoms with Crippen LogP contribution in [0.25, 0.3) is 0 Å². The number of carboxylic acids is 1. The zero-order valence-electron chi connectivity index (χ0n) is 17.4. The van der Waals surface area contributed by atoms with Gasteiger partial charge in [0.2, 0.25) is 0 Å². The number of aliphatic hydroxyl groups is 2. The van der Waals surface area contributed by atoms with Crippen LogP contribution in [-0.4, -0.2) is 44.6 Å². The summed E-state index contributed by atoms with van der Waals surface area (Å²) in [6.07, 6.45) is 5.83. The van der Waals surface area contributed by atoms with Gasteiger partial charge in [-0.1, -0.05) is 39.3 Å². The minimum absolute atomic E-state index is 0.0248. The predicted molar refractivity (Wildman–Crippen MR) is 105 cm³/mol. The molecule has 29 heavy (non-hydrogen) atoms. The average Bonchev–Trinajstić information content (AvgIpc) is 2.83. The van der Waals surface area contributed by atoms with Gasteiger partial charge in [0.15, 0.2) is 5.78 Å². The number of allylic oxidation sites excluding steroid dienone is 4. The molecule has 3 fully saturated rings. The summed E-state index contributed by atoms with van der Waals surface area (Å²) >= 11 is 0. The maximum atomic E-state index is 12.6. The van der Waals surface area contributed by atoms with E-state index < -0.39 is 40.2 Å². The van der Waals surface area contributed by atoms with Gasteiger partial charge in [0, 0.05) is 16.7 Å². The highest BCUT2D eigenvalue weighted by molar-refractivity contribution is 6.36. The van der Waals surface area contributed by atoms with Crippen molar-refractivity contribution in [2.24, 2.45) is 40.4 Å². The first-order valence-electron chi connectivity index (χ1n) is 10.5. The molecule has 0 bridgehead atoms. The molecule has 0 aliphatic heterocycles. The molecule has 0 heterocycles. The highest BCUT2D eigenvalue weighted by atomic mass is 16.4. The second kappa shape index (κ2) is 6.11. The van der Waals surface area contributed by atoms with Crippen molar-refractivity contribution < 1.29 is 29.7 Å². The summed E-state index contributed by atoms with van der Waals surface area (Å²) < 4.78 is 0. The molecule has 3 N–H and O–H groups in total. The van der Waals surface area contributed by atoms with Crippen LogP contribution in [-0.2, 0) is 14.4 Å². The number of hydrogen-bond acceptors (Lipinski definition) is 5. The molecule has 0 amide bonds. The minimum Gasteiger partial charge on any atom is -0.475 e. The maximum absolute atomic E-state index is 12.6. The van der Waals surface area contributed by atoms with Crippen LogP contribution in [0.2, 0.25) is 0 Å². The number of Topliss-reactive ketones (excluding diaryl/α,β-unsaturated/α-hetero) is 1. The lowest BCUT2D eigenvalue weighted by Gasteiger charge is -2.60. The molecule has 0 aromatic rings. The first-order chi connectivity index (χ1) is 13.4. The molecular formula is C23H30O6. The fraction of sp³-hybridized carbons (Fsp3) is 0.696. The number of carboxylic acid groups (broad SMARTS) is 1. The van der Waals surface area contributed by atoms with E-state index in [1.54, 1.807) is 26.0 Å². The van der Waals surface area contributed by atoms with E-state index in [9.17, 15) is 29.7 Å². The summed E-state index contributed by atoms with van der Waals surface area (Å²) in [4.78, 5) is 36.1. The van der Waals surface area contributed by atoms with Crippen LogP contribution in [0.1, 0.15) is 47.0 Å². The Kier molecular flexibility index (Phi) is 4.32. The molecule has 9 atom stereocenters. The Morgan fingerprint density at radius 2 is 1.83 bits per heavy atom. The van der Waals surface area contributed by atoms with Crippen LogP contribution >= 0.6 is 0 Å². The second-order valence-electron chi connectivity index (χ2n) is 10.3. The van der Waals surface area contributed by atoms with Crippen LogP contribution < -0.4 is 0 Å². The molecule has 0 radical (unpaired) electrons.